The molecule has 0 radical (unpaired) electrons. The monoisotopic (exact) mass is 191 g/mol. The van der Waals surface area contributed by atoms with Crippen LogP contribution in [0, 0.1) is 5.41 Å². The van der Waals surface area contributed by atoms with E-state index in [2.05, 4.69) is 20.8 Å². The molecule has 0 aromatic rings. The summed E-state index contributed by atoms with van der Waals surface area (Å²) in [5, 5.41) is 0. The van der Waals surface area contributed by atoms with Crippen molar-refractivity contribution in [3.05, 3.63) is 0 Å². The van der Waals surface area contributed by atoms with Crippen molar-refractivity contribution in [3.8, 4) is 0 Å². The van der Waals surface area contributed by atoms with Crippen LogP contribution in [0.1, 0.15) is 34.1 Å². The van der Waals surface area contributed by atoms with E-state index in [4.69, 9.17) is 5.73 Å². The minimum absolute atomic E-state index is 0.0462. The van der Waals surface area contributed by atoms with Gasteiger partial charge in [-0.1, -0.05) is 27.7 Å². The molecular weight excluding hydrogens is 170 g/mol. The Labute approximate surface area is 78.4 Å². The van der Waals surface area contributed by atoms with Crippen LogP contribution in [0.4, 0.5) is 0 Å². The topological polar surface area (TPSA) is 43.1 Å². The molecule has 2 nitrogen and oxygen atoms in total. The second-order valence-electron chi connectivity index (χ2n) is 4.28. The van der Waals surface area contributed by atoms with Crippen LogP contribution in [0.15, 0.2) is 0 Å². The number of nitrogens with two attached hydrogens (primary N) is 1. The van der Waals surface area contributed by atoms with Crippen molar-refractivity contribution in [2.45, 2.75) is 40.2 Å². The van der Waals surface area contributed by atoms with Gasteiger partial charge in [-0.2, -0.15) is 0 Å². The SMILES string of the molecule is CCCS(=O)CC(N)C(C)(C)C. The average Bonchev–Trinajstić information content (AvgIpc) is 1.85. The average molecular weight is 191 g/mol. The fraction of sp³-hybridized carbons (Fsp3) is 1.00. The van der Waals surface area contributed by atoms with Crippen molar-refractivity contribution in [2.24, 2.45) is 11.1 Å². The van der Waals surface area contributed by atoms with Crippen molar-refractivity contribution in [1.82, 2.24) is 0 Å². The Kier molecular flexibility index (Phi) is 5.02. The highest BCUT2D eigenvalue weighted by atomic mass is 32.2. The molecule has 3 heteroatoms. The third-order valence-electron chi connectivity index (χ3n) is 1.91. The third-order valence-corrected chi connectivity index (χ3v) is 3.50. The lowest BCUT2D eigenvalue weighted by Crippen LogP contribution is -2.40. The maximum absolute atomic E-state index is 11.3. The molecule has 0 amide bonds. The highest BCUT2D eigenvalue weighted by molar-refractivity contribution is 7.85. The van der Waals surface area contributed by atoms with Gasteiger partial charge < -0.3 is 5.73 Å². The Hall–Kier alpha value is 0.110. The second kappa shape index (κ2) is 4.97. The van der Waals surface area contributed by atoms with Gasteiger partial charge >= 0.3 is 0 Å². The molecule has 0 heterocycles. The van der Waals surface area contributed by atoms with Gasteiger partial charge in [0.1, 0.15) is 0 Å². The van der Waals surface area contributed by atoms with Gasteiger partial charge in [0.15, 0.2) is 0 Å². The first-order chi connectivity index (χ1) is 5.38. The molecule has 2 atom stereocenters. The minimum Gasteiger partial charge on any atom is -0.326 e. The quantitative estimate of drug-likeness (QED) is 0.732. The summed E-state index contributed by atoms with van der Waals surface area (Å²) < 4.78 is 11.3. The lowest BCUT2D eigenvalue weighted by Gasteiger charge is -2.26. The van der Waals surface area contributed by atoms with E-state index >= 15 is 0 Å². The molecule has 0 aliphatic rings. The molecule has 0 fully saturated rings. The fourth-order valence-corrected chi connectivity index (χ4v) is 2.28. The van der Waals surface area contributed by atoms with Crippen molar-refractivity contribution >= 4 is 10.8 Å². The maximum Gasteiger partial charge on any atom is 0.0391 e. The van der Waals surface area contributed by atoms with Crippen molar-refractivity contribution in [2.75, 3.05) is 11.5 Å². The molecule has 2 unspecified atom stereocenters. The van der Waals surface area contributed by atoms with Crippen LogP contribution in [-0.4, -0.2) is 21.8 Å². The molecule has 12 heavy (non-hydrogen) atoms. The number of hydrogen-bond donors (Lipinski definition) is 1. The summed E-state index contributed by atoms with van der Waals surface area (Å²) >= 11 is 0. The number of hydrogen-bond acceptors (Lipinski definition) is 2. The lowest BCUT2D eigenvalue weighted by atomic mass is 9.89. The van der Waals surface area contributed by atoms with E-state index in [0.717, 1.165) is 12.2 Å². The van der Waals surface area contributed by atoms with E-state index in [1.807, 2.05) is 6.92 Å². The molecule has 0 saturated carbocycles. The highest BCUT2D eigenvalue weighted by Crippen LogP contribution is 2.17. The summed E-state index contributed by atoms with van der Waals surface area (Å²) in [6.45, 7) is 8.29. The largest absolute Gasteiger partial charge is 0.326 e. The molecule has 2 N–H and O–H groups in total. The molecule has 0 rings (SSSR count). The molecule has 0 aliphatic heterocycles. The minimum atomic E-state index is -0.722. The van der Waals surface area contributed by atoms with E-state index < -0.39 is 10.8 Å². The Balaban J connectivity index is 3.84. The van der Waals surface area contributed by atoms with Gasteiger partial charge in [-0.25, -0.2) is 0 Å². The van der Waals surface area contributed by atoms with Crippen molar-refractivity contribution < 1.29 is 4.21 Å². The normalized spacial score (nSPS) is 17.4. The van der Waals surface area contributed by atoms with Gasteiger partial charge in [0, 0.05) is 28.3 Å². The summed E-state index contributed by atoms with van der Waals surface area (Å²) in [5.41, 5.74) is 5.96. The van der Waals surface area contributed by atoms with Gasteiger partial charge in [-0.05, 0) is 11.8 Å². The molecule has 0 aromatic heterocycles. The Morgan fingerprint density at radius 3 is 2.25 bits per heavy atom. The second-order valence-corrected chi connectivity index (χ2v) is 5.90. The summed E-state index contributed by atoms with van der Waals surface area (Å²) in [7, 11) is -0.722. The van der Waals surface area contributed by atoms with Crippen LogP contribution in [0.3, 0.4) is 0 Å². The molecule has 0 aliphatic carbocycles. The first kappa shape index (κ1) is 12.1. The van der Waals surface area contributed by atoms with Crippen molar-refractivity contribution in [1.29, 1.82) is 0 Å². The van der Waals surface area contributed by atoms with E-state index in [-0.39, 0.29) is 11.5 Å². The first-order valence-corrected chi connectivity index (χ1v) is 5.97. The van der Waals surface area contributed by atoms with Crippen molar-refractivity contribution in [3.63, 3.8) is 0 Å². The van der Waals surface area contributed by atoms with E-state index in [1.54, 1.807) is 0 Å². The Bertz CT molecular complexity index is 151. The van der Waals surface area contributed by atoms with Crippen LogP contribution in [-0.2, 0) is 10.8 Å². The predicted octanol–water partition coefficient (Wildman–Crippen LogP) is 1.52. The zero-order chi connectivity index (χ0) is 9.78. The smallest absolute Gasteiger partial charge is 0.0391 e. The van der Waals surface area contributed by atoms with Gasteiger partial charge in [-0.3, -0.25) is 4.21 Å². The molecule has 74 valence electrons. The molecule has 0 saturated heterocycles. The maximum atomic E-state index is 11.3. The van der Waals surface area contributed by atoms with Crippen LogP contribution in [0.5, 0.6) is 0 Å². The van der Waals surface area contributed by atoms with Gasteiger partial charge in [0.2, 0.25) is 0 Å². The van der Waals surface area contributed by atoms with Crippen LogP contribution < -0.4 is 5.73 Å². The predicted molar refractivity (Wildman–Crippen MR) is 55.6 cm³/mol. The molecule has 0 aromatic carbocycles. The molecular formula is C9H21NOS. The van der Waals surface area contributed by atoms with Gasteiger partial charge in [0.25, 0.3) is 0 Å². The first-order valence-electron chi connectivity index (χ1n) is 4.48. The fourth-order valence-electron chi connectivity index (χ4n) is 0.761. The van der Waals surface area contributed by atoms with Crippen LogP contribution in [0.2, 0.25) is 0 Å². The van der Waals surface area contributed by atoms with Gasteiger partial charge in [-0.15, -0.1) is 0 Å². The third kappa shape index (κ3) is 4.88. The molecule has 0 spiro atoms. The van der Waals surface area contributed by atoms with E-state index in [9.17, 15) is 4.21 Å². The zero-order valence-corrected chi connectivity index (χ0v) is 9.41. The summed E-state index contributed by atoms with van der Waals surface area (Å²) in [6, 6.07) is 0.0462. The van der Waals surface area contributed by atoms with E-state index in [0.29, 0.717) is 5.75 Å². The summed E-state index contributed by atoms with van der Waals surface area (Å²) in [6.07, 6.45) is 0.976. The standard InChI is InChI=1S/C9H21NOS/c1-5-6-12(11)7-8(10)9(2,3)4/h8H,5-7,10H2,1-4H3. The van der Waals surface area contributed by atoms with Crippen LogP contribution >= 0.6 is 0 Å². The van der Waals surface area contributed by atoms with E-state index in [1.165, 1.54) is 0 Å². The Morgan fingerprint density at radius 1 is 1.42 bits per heavy atom. The summed E-state index contributed by atoms with van der Waals surface area (Å²) in [5.74, 6) is 1.42. The van der Waals surface area contributed by atoms with Crippen LogP contribution in [0.25, 0.3) is 0 Å². The number of rotatable bonds is 4. The molecule has 0 bridgehead atoms. The van der Waals surface area contributed by atoms with Gasteiger partial charge in [0.05, 0.1) is 0 Å². The summed E-state index contributed by atoms with van der Waals surface area (Å²) in [4.78, 5) is 0. The lowest BCUT2D eigenvalue weighted by molar-refractivity contribution is 0.342. The Morgan fingerprint density at radius 2 is 1.92 bits per heavy atom. The highest BCUT2D eigenvalue weighted by Gasteiger charge is 2.21. The zero-order valence-electron chi connectivity index (χ0n) is 8.59.